The lowest BCUT2D eigenvalue weighted by atomic mass is 10.0. The molecule has 1 saturated heterocycles. The minimum atomic E-state index is -0.602. The zero-order valence-corrected chi connectivity index (χ0v) is 14.6. The molecule has 1 aliphatic rings. The Morgan fingerprint density at radius 2 is 1.67 bits per heavy atom. The predicted octanol–water partition coefficient (Wildman–Crippen LogP) is 2.14. The van der Waals surface area contributed by atoms with Crippen molar-refractivity contribution in [2.75, 3.05) is 18.0 Å². The number of hydrogen-bond donors (Lipinski definition) is 4. The molecule has 2 aromatic rings. The van der Waals surface area contributed by atoms with Crippen LogP contribution in [-0.2, 0) is 0 Å². The Balaban J connectivity index is 1.42. The summed E-state index contributed by atoms with van der Waals surface area (Å²) in [5, 5.41) is 12.4. The van der Waals surface area contributed by atoms with Crippen LogP contribution in [0.1, 0.15) is 23.2 Å². The van der Waals surface area contributed by atoms with E-state index in [-0.39, 0.29) is 23.2 Å². The third kappa shape index (κ3) is 4.87. The highest BCUT2D eigenvalue weighted by atomic mass is 19.1. The van der Waals surface area contributed by atoms with Crippen molar-refractivity contribution in [1.29, 1.82) is 0 Å². The smallest absolute Gasteiger partial charge is 0.333 e. The van der Waals surface area contributed by atoms with Crippen LogP contribution in [0.25, 0.3) is 0 Å². The van der Waals surface area contributed by atoms with Crippen molar-refractivity contribution in [1.82, 2.24) is 16.2 Å². The predicted molar refractivity (Wildman–Crippen MR) is 98.9 cm³/mol. The van der Waals surface area contributed by atoms with Crippen molar-refractivity contribution < 1.29 is 19.1 Å². The summed E-state index contributed by atoms with van der Waals surface area (Å²) in [7, 11) is 0. The van der Waals surface area contributed by atoms with Gasteiger partial charge in [-0.05, 0) is 49.2 Å². The van der Waals surface area contributed by atoms with Gasteiger partial charge in [0.05, 0.1) is 5.56 Å². The highest BCUT2D eigenvalue weighted by Gasteiger charge is 2.21. The molecule has 1 aliphatic heterocycles. The van der Waals surface area contributed by atoms with E-state index in [1.807, 2.05) is 0 Å². The van der Waals surface area contributed by atoms with Crippen molar-refractivity contribution in [3.63, 3.8) is 0 Å². The Hall–Kier alpha value is -3.29. The first-order valence-electron chi connectivity index (χ1n) is 8.68. The molecule has 0 bridgehead atoms. The van der Waals surface area contributed by atoms with Crippen LogP contribution >= 0.6 is 0 Å². The van der Waals surface area contributed by atoms with Crippen LogP contribution in [0.3, 0.4) is 0 Å². The molecule has 0 atom stereocenters. The van der Waals surface area contributed by atoms with Crippen LogP contribution in [0.5, 0.6) is 5.75 Å². The maximum atomic E-state index is 13.0. The standard InChI is InChI=1S/C19H21FN4O3/c20-13-5-7-15(8-6-13)24-11-9-14(10-12-24)21-19(27)23-22-18(26)16-3-1-2-4-17(16)25/h1-8,14,25H,9-12H2,(H,22,26)(H2,21,23,27). The van der Waals surface area contributed by atoms with Gasteiger partial charge in [-0.25, -0.2) is 14.6 Å². The number of phenolic OH excluding ortho intramolecular Hbond substituents is 1. The van der Waals surface area contributed by atoms with Crippen LogP contribution in [0, 0.1) is 5.82 Å². The van der Waals surface area contributed by atoms with Crippen molar-refractivity contribution in [3.05, 3.63) is 59.9 Å². The minimum absolute atomic E-state index is 0.0243. The number of hydrazine groups is 1. The Labute approximate surface area is 156 Å². The van der Waals surface area contributed by atoms with E-state index in [1.165, 1.54) is 24.3 Å². The number of hydrogen-bond acceptors (Lipinski definition) is 4. The summed E-state index contributed by atoms with van der Waals surface area (Å²) in [4.78, 5) is 26.0. The first kappa shape index (κ1) is 18.5. The Morgan fingerprint density at radius 3 is 2.33 bits per heavy atom. The molecule has 142 valence electrons. The van der Waals surface area contributed by atoms with Crippen LogP contribution < -0.4 is 21.1 Å². The zero-order valence-electron chi connectivity index (χ0n) is 14.6. The summed E-state index contributed by atoms with van der Waals surface area (Å²) in [6.07, 6.45) is 1.47. The number of phenols is 1. The summed E-state index contributed by atoms with van der Waals surface area (Å²) < 4.78 is 13.0. The SMILES string of the molecule is O=C(NNC(=O)c1ccccc1O)NC1CCN(c2ccc(F)cc2)CC1. The number of aromatic hydroxyl groups is 1. The maximum absolute atomic E-state index is 13.0. The van der Waals surface area contributed by atoms with Gasteiger partial charge in [0.25, 0.3) is 5.91 Å². The van der Waals surface area contributed by atoms with E-state index in [9.17, 15) is 19.1 Å². The molecule has 0 aromatic heterocycles. The quantitative estimate of drug-likeness (QED) is 0.621. The van der Waals surface area contributed by atoms with E-state index in [0.717, 1.165) is 31.6 Å². The molecule has 0 saturated carbocycles. The normalized spacial score (nSPS) is 14.5. The lowest BCUT2D eigenvalue weighted by Gasteiger charge is -2.33. The number of halogens is 1. The zero-order chi connectivity index (χ0) is 19.2. The van der Waals surface area contributed by atoms with E-state index in [4.69, 9.17) is 0 Å². The molecule has 27 heavy (non-hydrogen) atoms. The Kier molecular flexibility index (Phi) is 5.75. The molecular weight excluding hydrogens is 351 g/mol. The summed E-state index contributed by atoms with van der Waals surface area (Å²) >= 11 is 0. The topological polar surface area (TPSA) is 93.7 Å². The first-order chi connectivity index (χ1) is 13.0. The van der Waals surface area contributed by atoms with Crippen LogP contribution in [0.2, 0.25) is 0 Å². The number of anilines is 1. The molecule has 7 nitrogen and oxygen atoms in total. The number of piperidine rings is 1. The molecule has 1 fully saturated rings. The number of amides is 3. The molecule has 2 aromatic carbocycles. The van der Waals surface area contributed by atoms with Gasteiger partial charge in [0.15, 0.2) is 0 Å². The fraction of sp³-hybridized carbons (Fsp3) is 0.263. The fourth-order valence-electron chi connectivity index (χ4n) is 3.00. The van der Waals surface area contributed by atoms with Crippen molar-refractivity contribution in [2.45, 2.75) is 18.9 Å². The number of rotatable bonds is 3. The van der Waals surface area contributed by atoms with Gasteiger partial charge in [-0.1, -0.05) is 12.1 Å². The van der Waals surface area contributed by atoms with Gasteiger partial charge in [0.1, 0.15) is 11.6 Å². The van der Waals surface area contributed by atoms with Gasteiger partial charge in [-0.3, -0.25) is 10.2 Å². The average Bonchev–Trinajstić information content (AvgIpc) is 2.68. The Morgan fingerprint density at radius 1 is 1.00 bits per heavy atom. The van der Waals surface area contributed by atoms with Crippen molar-refractivity contribution in [2.24, 2.45) is 0 Å². The van der Waals surface area contributed by atoms with Gasteiger partial charge in [-0.2, -0.15) is 0 Å². The second-order valence-electron chi connectivity index (χ2n) is 6.31. The number of carbonyl (C=O) groups excluding carboxylic acids is 2. The van der Waals surface area contributed by atoms with E-state index in [0.29, 0.717) is 0 Å². The maximum Gasteiger partial charge on any atom is 0.333 e. The molecule has 8 heteroatoms. The third-order valence-corrected chi connectivity index (χ3v) is 4.46. The molecule has 1 heterocycles. The first-order valence-corrected chi connectivity index (χ1v) is 8.68. The number of nitrogens with zero attached hydrogens (tertiary/aromatic N) is 1. The number of benzene rings is 2. The van der Waals surface area contributed by atoms with Crippen molar-refractivity contribution >= 4 is 17.6 Å². The Bertz CT molecular complexity index is 805. The van der Waals surface area contributed by atoms with Crippen LogP contribution in [-0.4, -0.2) is 36.2 Å². The largest absolute Gasteiger partial charge is 0.507 e. The summed E-state index contributed by atoms with van der Waals surface area (Å²) in [5.74, 6) is -1.03. The second-order valence-corrected chi connectivity index (χ2v) is 6.31. The molecule has 3 rings (SSSR count). The highest BCUT2D eigenvalue weighted by molar-refractivity contribution is 5.97. The van der Waals surface area contributed by atoms with Gasteiger partial charge < -0.3 is 15.3 Å². The second kappa shape index (κ2) is 8.39. The molecule has 0 unspecified atom stereocenters. The average molecular weight is 372 g/mol. The molecule has 0 aliphatic carbocycles. The number of urea groups is 1. The monoisotopic (exact) mass is 372 g/mol. The van der Waals surface area contributed by atoms with Gasteiger partial charge in [0.2, 0.25) is 0 Å². The lowest BCUT2D eigenvalue weighted by molar-refractivity contribution is 0.0933. The number of carbonyl (C=O) groups is 2. The molecule has 0 radical (unpaired) electrons. The van der Waals surface area contributed by atoms with Crippen LogP contribution in [0.4, 0.5) is 14.9 Å². The van der Waals surface area contributed by atoms with E-state index >= 15 is 0 Å². The van der Waals surface area contributed by atoms with E-state index in [1.54, 1.807) is 24.3 Å². The molecule has 4 N–H and O–H groups in total. The fourth-order valence-corrected chi connectivity index (χ4v) is 3.00. The minimum Gasteiger partial charge on any atom is -0.507 e. The summed E-state index contributed by atoms with van der Waals surface area (Å²) in [5.41, 5.74) is 5.58. The van der Waals surface area contributed by atoms with Gasteiger partial charge in [0, 0.05) is 24.8 Å². The van der Waals surface area contributed by atoms with E-state index in [2.05, 4.69) is 21.1 Å². The summed E-state index contributed by atoms with van der Waals surface area (Å²) in [6, 6.07) is 11.9. The lowest BCUT2D eigenvalue weighted by Crippen LogP contribution is -2.52. The van der Waals surface area contributed by atoms with E-state index < -0.39 is 11.9 Å². The van der Waals surface area contributed by atoms with Gasteiger partial charge >= 0.3 is 6.03 Å². The molecule has 3 amide bonds. The number of para-hydroxylation sites is 1. The molecule has 0 spiro atoms. The highest BCUT2D eigenvalue weighted by Crippen LogP contribution is 2.20. The summed E-state index contributed by atoms with van der Waals surface area (Å²) in [6.45, 7) is 1.47. The molecular formula is C19H21FN4O3. The number of nitrogens with one attached hydrogen (secondary N) is 3. The third-order valence-electron chi connectivity index (χ3n) is 4.46. The van der Waals surface area contributed by atoms with Gasteiger partial charge in [-0.15, -0.1) is 0 Å². The van der Waals surface area contributed by atoms with Crippen LogP contribution in [0.15, 0.2) is 48.5 Å². The van der Waals surface area contributed by atoms with Crippen molar-refractivity contribution in [3.8, 4) is 5.75 Å².